The van der Waals surface area contributed by atoms with Gasteiger partial charge in [0.15, 0.2) is 5.69 Å². The average molecular weight is 491 g/mol. The van der Waals surface area contributed by atoms with Crippen LogP contribution in [0.15, 0.2) is 65.3 Å². The van der Waals surface area contributed by atoms with Crippen LogP contribution in [0.4, 0.5) is 0 Å². The van der Waals surface area contributed by atoms with Gasteiger partial charge in [-0.25, -0.2) is 4.68 Å². The molecule has 8 nitrogen and oxygen atoms in total. The summed E-state index contributed by atoms with van der Waals surface area (Å²) in [6, 6.07) is 17.3. The first kappa shape index (κ1) is 23.3. The molecular formula is C26H27ClN6O2. The molecule has 0 spiro atoms. The highest BCUT2D eigenvalue weighted by Gasteiger charge is 2.23. The lowest BCUT2D eigenvalue weighted by Gasteiger charge is -2.34. The van der Waals surface area contributed by atoms with Gasteiger partial charge in [0.05, 0.1) is 5.69 Å². The summed E-state index contributed by atoms with van der Waals surface area (Å²) in [5, 5.41) is 9.20. The molecule has 35 heavy (non-hydrogen) atoms. The predicted octanol–water partition coefficient (Wildman–Crippen LogP) is 4.27. The van der Waals surface area contributed by atoms with E-state index in [1.54, 1.807) is 16.9 Å². The van der Waals surface area contributed by atoms with Gasteiger partial charge in [-0.05, 0) is 44.2 Å². The van der Waals surface area contributed by atoms with E-state index in [0.29, 0.717) is 35.5 Å². The molecule has 1 amide bonds. The second-order valence-corrected chi connectivity index (χ2v) is 9.18. The number of benzene rings is 2. The van der Waals surface area contributed by atoms with Crippen LogP contribution in [0.25, 0.3) is 17.1 Å². The van der Waals surface area contributed by atoms with Crippen LogP contribution < -0.4 is 0 Å². The Morgan fingerprint density at radius 1 is 1.06 bits per heavy atom. The van der Waals surface area contributed by atoms with Crippen LogP contribution in [-0.4, -0.2) is 68.4 Å². The fourth-order valence-corrected chi connectivity index (χ4v) is 4.35. The fourth-order valence-electron chi connectivity index (χ4n) is 4.17. The number of carbonyl (C=O) groups is 1. The first-order valence-electron chi connectivity index (χ1n) is 11.8. The molecule has 1 aliphatic heterocycles. The van der Waals surface area contributed by atoms with Crippen LogP contribution in [-0.2, 0) is 6.42 Å². The van der Waals surface area contributed by atoms with Crippen molar-refractivity contribution in [3.05, 3.63) is 83.0 Å². The van der Waals surface area contributed by atoms with E-state index in [-0.39, 0.29) is 5.91 Å². The molecule has 2 aromatic heterocycles. The van der Waals surface area contributed by atoms with Gasteiger partial charge in [0.25, 0.3) is 5.91 Å². The monoisotopic (exact) mass is 490 g/mol. The number of amides is 1. The topological polar surface area (TPSA) is 80.3 Å². The van der Waals surface area contributed by atoms with Gasteiger partial charge in [-0.1, -0.05) is 52.7 Å². The summed E-state index contributed by atoms with van der Waals surface area (Å²) in [4.78, 5) is 21.7. The third-order valence-electron chi connectivity index (χ3n) is 6.18. The van der Waals surface area contributed by atoms with Gasteiger partial charge in [-0.2, -0.15) is 10.1 Å². The van der Waals surface area contributed by atoms with E-state index in [1.807, 2.05) is 53.4 Å². The Kier molecular flexibility index (Phi) is 6.92. The van der Waals surface area contributed by atoms with E-state index in [0.717, 1.165) is 43.7 Å². The molecule has 0 unspecified atom stereocenters. The second kappa shape index (κ2) is 10.4. The summed E-state index contributed by atoms with van der Waals surface area (Å²) < 4.78 is 7.11. The summed E-state index contributed by atoms with van der Waals surface area (Å²) >= 11 is 6.07. The van der Waals surface area contributed by atoms with Crippen LogP contribution in [0.1, 0.15) is 28.4 Å². The first-order chi connectivity index (χ1) is 17.0. The summed E-state index contributed by atoms with van der Waals surface area (Å²) in [5.41, 5.74) is 3.43. The van der Waals surface area contributed by atoms with Crippen LogP contribution >= 0.6 is 11.6 Å². The van der Waals surface area contributed by atoms with Crippen molar-refractivity contribution < 1.29 is 9.32 Å². The van der Waals surface area contributed by atoms with E-state index in [4.69, 9.17) is 16.1 Å². The maximum Gasteiger partial charge on any atom is 0.274 e. The van der Waals surface area contributed by atoms with Crippen molar-refractivity contribution in [1.82, 2.24) is 29.7 Å². The van der Waals surface area contributed by atoms with Crippen molar-refractivity contribution in [2.24, 2.45) is 0 Å². The van der Waals surface area contributed by atoms with Crippen LogP contribution in [0.5, 0.6) is 0 Å². The molecule has 0 radical (unpaired) electrons. The number of nitrogens with zero attached hydrogens (tertiary/aromatic N) is 6. The van der Waals surface area contributed by atoms with Gasteiger partial charge >= 0.3 is 0 Å². The SMILES string of the molecule is Cc1ccc(-c2noc(CCCN3CCN(C(=O)c4ccn(-c5cccc(Cl)c5)n4)CC3)n2)cc1. The molecule has 2 aromatic carbocycles. The van der Waals surface area contributed by atoms with E-state index in [2.05, 4.69) is 27.1 Å². The molecule has 0 bridgehead atoms. The van der Waals surface area contributed by atoms with E-state index < -0.39 is 0 Å². The average Bonchev–Trinajstić information content (AvgIpc) is 3.55. The maximum atomic E-state index is 12.9. The van der Waals surface area contributed by atoms with Crippen LogP contribution in [0.3, 0.4) is 0 Å². The standard InChI is InChI=1S/C26H27ClN6O2/c1-19-7-9-20(10-8-19)25-28-24(35-30-25)6-3-12-31-14-16-32(17-15-31)26(34)23-11-13-33(29-23)22-5-2-4-21(27)18-22/h2,4-5,7-11,13,18H,3,6,12,14-17H2,1H3. The Morgan fingerprint density at radius 2 is 1.86 bits per heavy atom. The number of piperazine rings is 1. The minimum Gasteiger partial charge on any atom is -0.339 e. The quantitative estimate of drug-likeness (QED) is 0.385. The Balaban J connectivity index is 1.08. The minimum absolute atomic E-state index is 0.0417. The van der Waals surface area contributed by atoms with Crippen LogP contribution in [0, 0.1) is 6.92 Å². The second-order valence-electron chi connectivity index (χ2n) is 8.74. The van der Waals surface area contributed by atoms with Crippen molar-refractivity contribution in [2.75, 3.05) is 32.7 Å². The highest BCUT2D eigenvalue weighted by Crippen LogP contribution is 2.18. The zero-order valence-electron chi connectivity index (χ0n) is 19.6. The molecular weight excluding hydrogens is 464 g/mol. The van der Waals surface area contributed by atoms with Gasteiger partial charge in [0.1, 0.15) is 0 Å². The molecule has 3 heterocycles. The number of aryl methyl sites for hydroxylation is 2. The highest BCUT2D eigenvalue weighted by atomic mass is 35.5. The molecule has 180 valence electrons. The summed E-state index contributed by atoms with van der Waals surface area (Å²) in [6.45, 7) is 6.01. The summed E-state index contributed by atoms with van der Waals surface area (Å²) in [6.07, 6.45) is 3.45. The van der Waals surface area contributed by atoms with Crippen molar-refractivity contribution >= 4 is 17.5 Å². The molecule has 1 saturated heterocycles. The largest absolute Gasteiger partial charge is 0.339 e. The van der Waals surface area contributed by atoms with Gasteiger partial charge in [0, 0.05) is 49.4 Å². The molecule has 9 heteroatoms. The number of halogens is 1. The molecule has 5 rings (SSSR count). The lowest BCUT2D eigenvalue weighted by Crippen LogP contribution is -2.49. The summed E-state index contributed by atoms with van der Waals surface area (Å²) in [5.74, 6) is 1.24. The van der Waals surface area contributed by atoms with Crippen molar-refractivity contribution in [2.45, 2.75) is 19.8 Å². The Morgan fingerprint density at radius 3 is 2.63 bits per heavy atom. The lowest BCUT2D eigenvalue weighted by atomic mass is 10.1. The maximum absolute atomic E-state index is 12.9. The Hall–Kier alpha value is -3.49. The molecule has 4 aromatic rings. The van der Waals surface area contributed by atoms with Gasteiger partial charge in [0.2, 0.25) is 11.7 Å². The molecule has 0 aliphatic carbocycles. The number of hydrogen-bond donors (Lipinski definition) is 0. The zero-order chi connectivity index (χ0) is 24.2. The molecule has 1 aliphatic rings. The molecule has 0 atom stereocenters. The van der Waals surface area contributed by atoms with Crippen molar-refractivity contribution in [1.29, 1.82) is 0 Å². The number of carbonyl (C=O) groups excluding carboxylic acids is 1. The molecule has 1 fully saturated rings. The number of rotatable bonds is 7. The molecule has 0 saturated carbocycles. The predicted molar refractivity (Wildman–Crippen MR) is 134 cm³/mol. The minimum atomic E-state index is -0.0417. The normalized spacial score (nSPS) is 14.4. The van der Waals surface area contributed by atoms with Crippen molar-refractivity contribution in [3.8, 4) is 17.1 Å². The lowest BCUT2D eigenvalue weighted by molar-refractivity contribution is 0.0629. The zero-order valence-corrected chi connectivity index (χ0v) is 20.4. The van der Waals surface area contributed by atoms with E-state index >= 15 is 0 Å². The number of aromatic nitrogens is 4. The van der Waals surface area contributed by atoms with Gasteiger partial charge < -0.3 is 9.42 Å². The highest BCUT2D eigenvalue weighted by molar-refractivity contribution is 6.30. The third kappa shape index (κ3) is 5.61. The van der Waals surface area contributed by atoms with E-state index in [9.17, 15) is 4.79 Å². The Labute approximate surface area is 209 Å². The van der Waals surface area contributed by atoms with Gasteiger partial charge in [-0.3, -0.25) is 9.69 Å². The Bertz CT molecular complexity index is 1290. The fraction of sp³-hybridized carbons (Fsp3) is 0.308. The van der Waals surface area contributed by atoms with E-state index in [1.165, 1.54) is 5.56 Å². The first-order valence-corrected chi connectivity index (χ1v) is 12.2. The molecule has 0 N–H and O–H groups in total. The summed E-state index contributed by atoms with van der Waals surface area (Å²) in [7, 11) is 0. The smallest absolute Gasteiger partial charge is 0.274 e. The van der Waals surface area contributed by atoms with Crippen molar-refractivity contribution in [3.63, 3.8) is 0 Å². The van der Waals surface area contributed by atoms with Crippen LogP contribution in [0.2, 0.25) is 5.02 Å². The number of hydrogen-bond acceptors (Lipinski definition) is 6. The third-order valence-corrected chi connectivity index (χ3v) is 6.42. The van der Waals surface area contributed by atoms with Gasteiger partial charge in [-0.15, -0.1) is 0 Å².